The first-order chi connectivity index (χ1) is 31.7. The molecule has 0 saturated heterocycles. The van der Waals surface area contributed by atoms with Crippen molar-refractivity contribution in [1.82, 2.24) is 0 Å². The quantitative estimate of drug-likeness (QED) is 0.176. The third-order valence-electron chi connectivity index (χ3n) is 13.9. The van der Waals surface area contributed by atoms with Gasteiger partial charge >= 0.3 is 0 Å². The molecule has 10 aromatic carbocycles. The Morgan fingerprint density at radius 1 is 0.297 bits per heavy atom. The molecular weight excluding hydrogens is 795 g/mol. The van der Waals surface area contributed by atoms with Crippen LogP contribution in [-0.2, 0) is 5.41 Å². The molecule has 0 saturated carbocycles. The van der Waals surface area contributed by atoms with Crippen LogP contribution in [0, 0.1) is 0 Å². The molecule has 2 aliphatic carbocycles. The maximum absolute atomic E-state index is 6.61. The fourth-order valence-electron chi connectivity index (χ4n) is 11.3. The molecule has 1 unspecified atom stereocenters. The van der Waals surface area contributed by atoms with E-state index in [1.165, 1.54) is 75.8 Å². The lowest BCUT2D eigenvalue weighted by Crippen LogP contribution is -2.29. The van der Waals surface area contributed by atoms with Crippen molar-refractivity contribution in [3.8, 4) is 67.1 Å². The summed E-state index contributed by atoms with van der Waals surface area (Å²) in [6.07, 6.45) is 0. The zero-order chi connectivity index (χ0) is 41.9. The van der Waals surface area contributed by atoms with Crippen LogP contribution in [0.5, 0.6) is 11.5 Å². The summed E-state index contributed by atoms with van der Waals surface area (Å²) in [7, 11) is 0. The molecule has 3 heteroatoms. The van der Waals surface area contributed by atoms with Crippen LogP contribution in [0.15, 0.2) is 224 Å². The second-order valence-electron chi connectivity index (χ2n) is 17.1. The largest absolute Gasteiger partial charge is 0.456 e. The Labute approximate surface area is 375 Å². The second kappa shape index (κ2) is 13.5. The van der Waals surface area contributed by atoms with Crippen molar-refractivity contribution in [2.75, 3.05) is 4.90 Å². The molecule has 14 rings (SSSR count). The summed E-state index contributed by atoms with van der Waals surface area (Å²) < 4.78 is 9.26. The molecule has 2 nitrogen and oxygen atoms in total. The topological polar surface area (TPSA) is 12.5 Å². The summed E-state index contributed by atoms with van der Waals surface area (Å²) in [5.41, 5.74) is 19.9. The van der Waals surface area contributed by atoms with Crippen LogP contribution in [0.2, 0.25) is 0 Å². The van der Waals surface area contributed by atoms with E-state index in [9.17, 15) is 0 Å². The lowest BCUT2D eigenvalue weighted by Gasteiger charge is -2.36. The summed E-state index contributed by atoms with van der Waals surface area (Å²) in [5.74, 6) is 1.72. The first-order valence-electron chi connectivity index (χ1n) is 22.0. The zero-order valence-corrected chi connectivity index (χ0v) is 35.4. The van der Waals surface area contributed by atoms with Gasteiger partial charge in [-0.3, -0.25) is 0 Å². The van der Waals surface area contributed by atoms with Crippen LogP contribution in [-0.4, -0.2) is 0 Å². The van der Waals surface area contributed by atoms with Crippen LogP contribution in [0.1, 0.15) is 22.3 Å². The van der Waals surface area contributed by atoms with E-state index >= 15 is 0 Å². The maximum Gasteiger partial charge on any atom is 0.135 e. The van der Waals surface area contributed by atoms with E-state index in [1.807, 2.05) is 17.4 Å². The van der Waals surface area contributed by atoms with E-state index in [4.69, 9.17) is 4.74 Å². The Hall–Kier alpha value is -7.98. The number of fused-ring (bicyclic) bond motifs is 20. The van der Waals surface area contributed by atoms with Crippen LogP contribution in [0.3, 0.4) is 0 Å². The number of hydrogen-bond acceptors (Lipinski definition) is 3. The van der Waals surface area contributed by atoms with E-state index < -0.39 is 5.41 Å². The summed E-state index contributed by atoms with van der Waals surface area (Å²) in [6, 6.07) is 83.0. The summed E-state index contributed by atoms with van der Waals surface area (Å²) in [6.45, 7) is 0. The van der Waals surface area contributed by atoms with Crippen molar-refractivity contribution >= 4 is 48.6 Å². The molecule has 1 spiro atoms. The Balaban J connectivity index is 1.06. The number of ether oxygens (including phenoxy) is 1. The number of benzene rings is 10. The monoisotopic (exact) mass is 831 g/mol. The van der Waals surface area contributed by atoms with Crippen LogP contribution < -0.4 is 9.64 Å². The fraction of sp³-hybridized carbons (Fsp3) is 0.0164. The molecule has 0 N–H and O–H groups in total. The average molecular weight is 832 g/mol. The van der Waals surface area contributed by atoms with Crippen molar-refractivity contribution in [2.24, 2.45) is 0 Å². The molecule has 64 heavy (non-hydrogen) atoms. The minimum Gasteiger partial charge on any atom is -0.456 e. The molecule has 1 aromatic heterocycles. The van der Waals surface area contributed by atoms with Crippen molar-refractivity contribution < 1.29 is 4.74 Å². The highest BCUT2D eigenvalue weighted by atomic mass is 32.1. The van der Waals surface area contributed by atoms with Gasteiger partial charge in [0.2, 0.25) is 0 Å². The van der Waals surface area contributed by atoms with Crippen molar-refractivity contribution in [2.45, 2.75) is 5.41 Å². The van der Waals surface area contributed by atoms with E-state index in [1.54, 1.807) is 0 Å². The Kier molecular flexibility index (Phi) is 7.51. The molecule has 1 aliphatic heterocycles. The average Bonchev–Trinajstić information content (AvgIpc) is 3.78. The van der Waals surface area contributed by atoms with Crippen LogP contribution in [0.25, 0.3) is 75.8 Å². The highest BCUT2D eigenvalue weighted by Crippen LogP contribution is 2.63. The molecule has 298 valence electrons. The van der Waals surface area contributed by atoms with E-state index in [0.717, 1.165) is 50.8 Å². The molecule has 2 heterocycles. The van der Waals surface area contributed by atoms with Gasteiger partial charge in [0.05, 0.1) is 5.41 Å². The van der Waals surface area contributed by atoms with Gasteiger partial charge in [0.25, 0.3) is 0 Å². The number of thiophene rings is 1. The van der Waals surface area contributed by atoms with Gasteiger partial charge in [-0.2, -0.15) is 0 Å². The van der Waals surface area contributed by atoms with Gasteiger partial charge < -0.3 is 9.64 Å². The van der Waals surface area contributed by atoms with Gasteiger partial charge in [-0.15, -0.1) is 11.3 Å². The molecule has 0 bridgehead atoms. The molecule has 0 fully saturated rings. The minimum absolute atomic E-state index is 0.592. The number of rotatable bonds is 3. The Bertz CT molecular complexity index is 3730. The molecule has 0 amide bonds. The molecule has 1 atom stereocenters. The zero-order valence-electron chi connectivity index (χ0n) is 34.6. The van der Waals surface area contributed by atoms with E-state index in [2.05, 4.69) is 223 Å². The van der Waals surface area contributed by atoms with Gasteiger partial charge in [-0.1, -0.05) is 158 Å². The smallest absolute Gasteiger partial charge is 0.135 e. The van der Waals surface area contributed by atoms with Gasteiger partial charge in [0.15, 0.2) is 0 Å². The minimum atomic E-state index is -0.592. The summed E-state index contributed by atoms with van der Waals surface area (Å²) >= 11 is 1.89. The number of hydrogen-bond donors (Lipinski definition) is 0. The molecule has 11 aromatic rings. The van der Waals surface area contributed by atoms with E-state index in [-0.39, 0.29) is 0 Å². The normalized spacial score (nSPS) is 14.8. The number of anilines is 3. The molecule has 0 radical (unpaired) electrons. The van der Waals surface area contributed by atoms with E-state index in [0.29, 0.717) is 0 Å². The lowest BCUT2D eigenvalue weighted by molar-refractivity contribution is 0.488. The predicted octanol–water partition coefficient (Wildman–Crippen LogP) is 17.0. The number of para-hydroxylation sites is 3. The first-order valence-corrected chi connectivity index (χ1v) is 22.8. The van der Waals surface area contributed by atoms with Gasteiger partial charge in [0.1, 0.15) is 11.5 Å². The van der Waals surface area contributed by atoms with Crippen LogP contribution >= 0.6 is 11.3 Å². The number of nitrogens with zero attached hydrogens (tertiary/aromatic N) is 1. The predicted molar refractivity (Wildman–Crippen MR) is 267 cm³/mol. The van der Waals surface area contributed by atoms with Gasteiger partial charge in [0, 0.05) is 48.4 Å². The summed E-state index contributed by atoms with van der Waals surface area (Å²) in [5, 5.41) is 2.63. The Morgan fingerprint density at radius 2 is 0.797 bits per heavy atom. The summed E-state index contributed by atoms with van der Waals surface area (Å²) in [4.78, 5) is 2.42. The van der Waals surface area contributed by atoms with Gasteiger partial charge in [-0.05, 0) is 133 Å². The fourth-order valence-corrected chi connectivity index (χ4v) is 12.4. The highest BCUT2D eigenvalue weighted by Gasteiger charge is 2.50. The van der Waals surface area contributed by atoms with Crippen molar-refractivity contribution in [3.63, 3.8) is 0 Å². The third kappa shape index (κ3) is 4.90. The second-order valence-corrected chi connectivity index (χ2v) is 18.2. The first kappa shape index (κ1) is 35.6. The molecule has 3 aliphatic rings. The Morgan fingerprint density at radius 3 is 1.53 bits per heavy atom. The maximum atomic E-state index is 6.61. The third-order valence-corrected chi connectivity index (χ3v) is 15.0. The SMILES string of the molecule is c1ccc(N(c2ccc3c(c2)-c2ccccc2Oc2ccccc2-3)c2ccc3c(c2)-c2ccccc2-c2ccccc2C32c3ccccc3-c3cc4sc5ccccc5c4cc32)cc1. The van der Waals surface area contributed by atoms with Gasteiger partial charge in [-0.25, -0.2) is 0 Å². The van der Waals surface area contributed by atoms with Crippen molar-refractivity contribution in [1.29, 1.82) is 0 Å². The standard InChI is InChI=1S/C61H37NOS/c1-2-16-38(17-3-1)62(39-30-32-43-46-22-8-13-27-57(46)63-58-28-14-9-23-47(58)49(43)34-39)40-31-33-55-50(35-40)42-19-5-4-18-41(42)44-20-6-11-25-53(44)61(55)54-26-12-7-21-45(54)51-37-60-52(36-56(51)61)48-24-10-15-29-59(48)64-60/h1-37H. The highest BCUT2D eigenvalue weighted by molar-refractivity contribution is 7.25. The lowest BCUT2D eigenvalue weighted by atomic mass is 9.65. The molecular formula is C61H37NOS. The van der Waals surface area contributed by atoms with Crippen molar-refractivity contribution in [3.05, 3.63) is 247 Å². The van der Waals surface area contributed by atoms with Crippen LogP contribution in [0.4, 0.5) is 17.1 Å².